The number of nitrogens with zero attached hydrogens (tertiary/aromatic N) is 5. The van der Waals surface area contributed by atoms with Crippen LogP contribution in [0.1, 0.15) is 49.9 Å². The van der Waals surface area contributed by atoms with E-state index in [0.717, 1.165) is 11.1 Å². The first-order chi connectivity index (χ1) is 30.4. The molecule has 0 saturated carbocycles. The Morgan fingerprint density at radius 1 is 0.746 bits per heavy atom. The van der Waals surface area contributed by atoms with Crippen LogP contribution in [0.3, 0.4) is 0 Å². The molecule has 0 spiro atoms. The summed E-state index contributed by atoms with van der Waals surface area (Å²) in [6.45, 7) is 3.49. The number of halogens is 2. The fourth-order valence-electron chi connectivity index (χ4n) is 7.55. The molecule has 0 bridgehead atoms. The van der Waals surface area contributed by atoms with Crippen molar-refractivity contribution >= 4 is 33.9 Å². The number of esters is 1. The van der Waals surface area contributed by atoms with Crippen LogP contribution in [0.2, 0.25) is 0 Å². The standard InChI is InChI=1S/C24H27FN4O6.C20H17FN2O5/c25-17-3-1-15(2-4-17)13-16-14-27-19-20-22(16)35-12-9-29(20)24(34)18(21(19)32)23(33)26-5-6-28(7-10-30)8-11-31;1-2-27-20(26)14-17(24)15-16-18(28-8-7-23(16)19(14)25)12(10-22-15)9-11-3-5-13(21)6-4-11/h1-4,14,30-32H,5-13H2,(H,26,33);3-6,10,24H,2,7-9H2,1H3. The molecule has 63 heavy (non-hydrogen) atoms. The first-order valence-electron chi connectivity index (χ1n) is 20.1. The maximum absolute atomic E-state index is 13.3. The fraction of sp³-hybridized carbons (Fsp3) is 0.318. The van der Waals surface area contributed by atoms with Crippen LogP contribution in [0.15, 0.2) is 70.5 Å². The lowest BCUT2D eigenvalue weighted by molar-refractivity contribution is 0.0519. The van der Waals surface area contributed by atoms with Gasteiger partial charge in [-0.25, -0.2) is 13.6 Å². The van der Waals surface area contributed by atoms with Crippen molar-refractivity contribution in [1.82, 2.24) is 29.3 Å². The molecule has 0 unspecified atom stereocenters. The highest BCUT2D eigenvalue weighted by Crippen LogP contribution is 2.38. The molecule has 19 heteroatoms. The Kier molecular flexibility index (Phi) is 13.6. The van der Waals surface area contributed by atoms with Gasteiger partial charge in [0, 0.05) is 62.5 Å². The maximum Gasteiger partial charge on any atom is 0.347 e. The minimum Gasteiger partial charge on any atom is -0.505 e. The molecule has 0 radical (unpaired) electrons. The van der Waals surface area contributed by atoms with Crippen molar-refractivity contribution < 1.29 is 53.0 Å². The average molecular weight is 871 g/mol. The van der Waals surface area contributed by atoms with Crippen LogP contribution in [0, 0.1) is 11.6 Å². The van der Waals surface area contributed by atoms with E-state index in [2.05, 4.69) is 15.3 Å². The van der Waals surface area contributed by atoms with Crippen molar-refractivity contribution in [2.45, 2.75) is 32.9 Å². The Balaban J connectivity index is 0.000000193. The number of hydrogen-bond donors (Lipinski definition) is 5. The molecule has 0 fully saturated rings. The number of aromatic nitrogens is 4. The highest BCUT2D eigenvalue weighted by molar-refractivity contribution is 6.02. The lowest BCUT2D eigenvalue weighted by Gasteiger charge is -2.24. The Labute approximate surface area is 357 Å². The van der Waals surface area contributed by atoms with Crippen molar-refractivity contribution in [2.75, 3.05) is 59.2 Å². The number of aliphatic hydroxyl groups excluding tert-OH is 2. The van der Waals surface area contributed by atoms with E-state index in [1.807, 2.05) is 0 Å². The van der Waals surface area contributed by atoms with Crippen molar-refractivity contribution in [3.63, 3.8) is 0 Å². The number of hydrogen-bond acceptors (Lipinski definition) is 14. The number of aliphatic hydroxyl groups is 2. The molecule has 6 aromatic rings. The topological polar surface area (TPSA) is 228 Å². The molecular formula is C44H44F2N6O11. The number of rotatable bonds is 14. The molecule has 2 aliphatic heterocycles. The second-order valence-electron chi connectivity index (χ2n) is 14.5. The molecule has 5 N–H and O–H groups in total. The van der Waals surface area contributed by atoms with Gasteiger partial charge in [0.05, 0.1) is 32.9 Å². The monoisotopic (exact) mass is 870 g/mol. The number of pyridine rings is 4. The van der Waals surface area contributed by atoms with E-state index < -0.39 is 45.6 Å². The second-order valence-corrected chi connectivity index (χ2v) is 14.5. The third-order valence-corrected chi connectivity index (χ3v) is 10.5. The summed E-state index contributed by atoms with van der Waals surface area (Å²) in [7, 11) is 0. The molecule has 330 valence electrons. The molecule has 2 aromatic carbocycles. The lowest BCUT2D eigenvalue weighted by atomic mass is 10.0. The van der Waals surface area contributed by atoms with Gasteiger partial charge in [-0.3, -0.25) is 38.4 Å². The summed E-state index contributed by atoms with van der Waals surface area (Å²) in [6.07, 6.45) is 3.83. The van der Waals surface area contributed by atoms with Crippen LogP contribution in [0.5, 0.6) is 23.0 Å². The van der Waals surface area contributed by atoms with Gasteiger partial charge in [-0.05, 0) is 42.3 Å². The number of carbonyl (C=O) groups excluding carboxylic acids is 2. The van der Waals surface area contributed by atoms with E-state index in [4.69, 9.17) is 24.4 Å². The number of carbonyl (C=O) groups is 2. The minimum absolute atomic E-state index is 0.0775. The summed E-state index contributed by atoms with van der Waals surface area (Å²) in [5.74, 6) is -2.53. The smallest absolute Gasteiger partial charge is 0.347 e. The predicted octanol–water partition coefficient (Wildman–Crippen LogP) is 2.64. The van der Waals surface area contributed by atoms with E-state index >= 15 is 0 Å². The minimum atomic E-state index is -0.888. The number of ether oxygens (including phenoxy) is 3. The predicted molar refractivity (Wildman–Crippen MR) is 224 cm³/mol. The van der Waals surface area contributed by atoms with Gasteiger partial charge >= 0.3 is 5.97 Å². The molecule has 1 amide bonds. The van der Waals surface area contributed by atoms with Crippen molar-refractivity contribution in [3.05, 3.63) is 127 Å². The number of amides is 1. The SMILES string of the molecule is CCOC(=O)c1c(O)c2ncc(Cc3ccc(F)cc3)c3c2n(c1=O)CCO3.O=C(NCCN(CCO)CCO)c1c(O)c2ncc(Cc3ccc(F)cc3)c3c2n(c1=O)CCO3. The van der Waals surface area contributed by atoms with E-state index in [9.17, 15) is 38.2 Å². The molecule has 8 rings (SSSR count). The largest absolute Gasteiger partial charge is 0.505 e. The van der Waals surface area contributed by atoms with Gasteiger partial charge < -0.3 is 40.0 Å². The van der Waals surface area contributed by atoms with Crippen LogP contribution < -0.4 is 25.9 Å². The van der Waals surface area contributed by atoms with Crippen LogP contribution in [-0.2, 0) is 30.7 Å². The van der Waals surface area contributed by atoms with E-state index in [-0.39, 0.29) is 75.3 Å². The Hall–Kier alpha value is -6.96. The van der Waals surface area contributed by atoms with Crippen LogP contribution in [-0.4, -0.2) is 116 Å². The zero-order valence-electron chi connectivity index (χ0n) is 34.1. The van der Waals surface area contributed by atoms with Crippen molar-refractivity contribution in [3.8, 4) is 23.0 Å². The summed E-state index contributed by atoms with van der Waals surface area (Å²) in [5.41, 5.74) is 1.72. The summed E-state index contributed by atoms with van der Waals surface area (Å²) < 4.78 is 45.7. The van der Waals surface area contributed by atoms with E-state index in [0.29, 0.717) is 66.1 Å². The van der Waals surface area contributed by atoms with Gasteiger partial charge in [-0.2, -0.15) is 0 Å². The summed E-state index contributed by atoms with van der Waals surface area (Å²) in [4.78, 5) is 61.4. The molecule has 0 saturated heterocycles. The molecule has 0 atom stereocenters. The highest BCUT2D eigenvalue weighted by atomic mass is 19.1. The second kappa shape index (κ2) is 19.4. The normalized spacial score (nSPS) is 12.7. The molecule has 6 heterocycles. The Bertz CT molecular complexity index is 2790. The van der Waals surface area contributed by atoms with Gasteiger partial charge in [0.2, 0.25) is 0 Å². The van der Waals surface area contributed by atoms with E-state index in [1.165, 1.54) is 45.8 Å². The summed E-state index contributed by atoms with van der Waals surface area (Å²) in [6, 6.07) is 12.1. The summed E-state index contributed by atoms with van der Waals surface area (Å²) in [5, 5.41) is 42.2. The first kappa shape index (κ1) is 44.1. The third-order valence-electron chi connectivity index (χ3n) is 10.5. The molecule has 2 aliphatic rings. The molecular weight excluding hydrogens is 827 g/mol. The molecule has 4 aromatic heterocycles. The van der Waals surface area contributed by atoms with Crippen LogP contribution >= 0.6 is 0 Å². The number of nitrogens with one attached hydrogen (secondary N) is 1. The quantitative estimate of drug-likeness (QED) is 0.0993. The zero-order valence-corrected chi connectivity index (χ0v) is 34.1. The van der Waals surface area contributed by atoms with Gasteiger partial charge in [0.25, 0.3) is 17.0 Å². The molecule has 17 nitrogen and oxygen atoms in total. The van der Waals surface area contributed by atoms with Gasteiger partial charge in [-0.1, -0.05) is 24.3 Å². The fourth-order valence-corrected chi connectivity index (χ4v) is 7.55. The Morgan fingerprint density at radius 2 is 1.21 bits per heavy atom. The van der Waals surface area contributed by atoms with E-state index in [1.54, 1.807) is 36.1 Å². The Morgan fingerprint density at radius 3 is 1.67 bits per heavy atom. The lowest BCUT2D eigenvalue weighted by Crippen LogP contribution is -2.40. The number of benzene rings is 2. The molecule has 0 aliphatic carbocycles. The van der Waals surface area contributed by atoms with Gasteiger partial charge in [0.15, 0.2) is 28.6 Å². The average Bonchev–Trinajstić information content (AvgIpc) is 3.27. The highest BCUT2D eigenvalue weighted by Gasteiger charge is 2.30. The van der Waals surface area contributed by atoms with Gasteiger partial charge in [-0.15, -0.1) is 0 Å². The first-order valence-corrected chi connectivity index (χ1v) is 20.1. The third kappa shape index (κ3) is 9.16. The number of aromatic hydroxyl groups is 2. The van der Waals surface area contributed by atoms with Crippen LogP contribution in [0.25, 0.3) is 22.1 Å². The maximum atomic E-state index is 13.3. The van der Waals surface area contributed by atoms with Gasteiger partial charge in [0.1, 0.15) is 52.5 Å². The zero-order chi connectivity index (χ0) is 44.8. The van der Waals surface area contributed by atoms with Crippen molar-refractivity contribution in [2.24, 2.45) is 0 Å². The van der Waals surface area contributed by atoms with Crippen LogP contribution in [0.4, 0.5) is 8.78 Å². The summed E-state index contributed by atoms with van der Waals surface area (Å²) >= 11 is 0. The van der Waals surface area contributed by atoms with Crippen molar-refractivity contribution in [1.29, 1.82) is 0 Å².